The van der Waals surface area contributed by atoms with E-state index < -0.39 is 0 Å². The van der Waals surface area contributed by atoms with Gasteiger partial charge in [0.2, 0.25) is 0 Å². The van der Waals surface area contributed by atoms with Gasteiger partial charge in [0.15, 0.2) is 0 Å². The van der Waals surface area contributed by atoms with Gasteiger partial charge in [-0.2, -0.15) is 0 Å². The minimum atomic E-state index is 0.161. The van der Waals surface area contributed by atoms with Crippen LogP contribution in [0.2, 0.25) is 0 Å². The molecular formula is C19H31NO. The first-order valence-corrected chi connectivity index (χ1v) is 8.55. The molecule has 1 N–H and O–H groups in total. The SMILES string of the molecule is CCNC(CCCC1CCCO1)C(C)(C)c1ccccc1. The summed E-state index contributed by atoms with van der Waals surface area (Å²) < 4.78 is 5.74. The van der Waals surface area contributed by atoms with Gasteiger partial charge < -0.3 is 10.1 Å². The van der Waals surface area contributed by atoms with E-state index in [1.807, 2.05) is 0 Å². The molecule has 2 nitrogen and oxygen atoms in total. The summed E-state index contributed by atoms with van der Waals surface area (Å²) in [6.07, 6.45) is 6.71. The van der Waals surface area contributed by atoms with Crippen molar-refractivity contribution >= 4 is 0 Å². The Hall–Kier alpha value is -0.860. The minimum absolute atomic E-state index is 0.161. The Bertz CT molecular complexity index is 395. The van der Waals surface area contributed by atoms with Crippen LogP contribution in [0.25, 0.3) is 0 Å². The Morgan fingerprint density at radius 1 is 1.29 bits per heavy atom. The fourth-order valence-corrected chi connectivity index (χ4v) is 3.46. The molecule has 2 rings (SSSR count). The van der Waals surface area contributed by atoms with Gasteiger partial charge in [-0.15, -0.1) is 0 Å². The summed E-state index contributed by atoms with van der Waals surface area (Å²) >= 11 is 0. The standard InChI is InChI=1S/C19H31NO/c1-4-20-18(14-8-12-17-13-9-15-21-17)19(2,3)16-10-6-5-7-11-16/h5-7,10-11,17-18,20H,4,8-9,12-15H2,1-3H3. The first kappa shape index (κ1) is 16.5. The fourth-order valence-electron chi connectivity index (χ4n) is 3.46. The number of ether oxygens (including phenoxy) is 1. The van der Waals surface area contributed by atoms with E-state index in [4.69, 9.17) is 4.74 Å². The number of likely N-dealkylation sites (N-methyl/N-ethyl adjacent to an activating group) is 1. The molecule has 0 radical (unpaired) electrons. The lowest BCUT2D eigenvalue weighted by molar-refractivity contribution is 0.100. The molecule has 0 spiro atoms. The van der Waals surface area contributed by atoms with E-state index in [9.17, 15) is 0 Å². The van der Waals surface area contributed by atoms with Crippen LogP contribution in [0, 0.1) is 0 Å². The molecule has 2 atom stereocenters. The summed E-state index contributed by atoms with van der Waals surface area (Å²) in [5.41, 5.74) is 1.58. The summed E-state index contributed by atoms with van der Waals surface area (Å²) in [5.74, 6) is 0. The molecule has 1 aliphatic heterocycles. The second-order valence-electron chi connectivity index (χ2n) is 6.76. The topological polar surface area (TPSA) is 21.3 Å². The predicted octanol–water partition coefficient (Wildman–Crippen LogP) is 4.29. The monoisotopic (exact) mass is 289 g/mol. The molecule has 1 saturated heterocycles. The zero-order valence-electron chi connectivity index (χ0n) is 13.9. The van der Waals surface area contributed by atoms with E-state index in [1.165, 1.54) is 37.7 Å². The molecule has 0 amide bonds. The predicted molar refractivity (Wildman–Crippen MR) is 89.8 cm³/mol. The molecule has 0 aromatic heterocycles. The van der Waals surface area contributed by atoms with Crippen LogP contribution in [0.15, 0.2) is 30.3 Å². The molecule has 2 heteroatoms. The number of nitrogens with one attached hydrogen (secondary N) is 1. The van der Waals surface area contributed by atoms with E-state index in [-0.39, 0.29) is 5.41 Å². The van der Waals surface area contributed by atoms with E-state index in [0.717, 1.165) is 13.2 Å². The van der Waals surface area contributed by atoms with Crippen molar-refractivity contribution < 1.29 is 4.74 Å². The van der Waals surface area contributed by atoms with E-state index in [2.05, 4.69) is 56.4 Å². The minimum Gasteiger partial charge on any atom is -0.378 e. The van der Waals surface area contributed by atoms with Gasteiger partial charge in [-0.05, 0) is 44.2 Å². The highest BCUT2D eigenvalue weighted by atomic mass is 16.5. The molecule has 1 aliphatic rings. The Kier molecular flexibility index (Phi) is 6.25. The highest BCUT2D eigenvalue weighted by molar-refractivity contribution is 5.25. The van der Waals surface area contributed by atoms with Crippen LogP contribution in [0.1, 0.15) is 58.4 Å². The second kappa shape index (κ2) is 7.95. The maximum Gasteiger partial charge on any atom is 0.0576 e. The Morgan fingerprint density at radius 2 is 2.05 bits per heavy atom. The smallest absolute Gasteiger partial charge is 0.0576 e. The molecule has 118 valence electrons. The third-order valence-electron chi connectivity index (χ3n) is 4.88. The van der Waals surface area contributed by atoms with Crippen LogP contribution in [0.5, 0.6) is 0 Å². The van der Waals surface area contributed by atoms with Crippen LogP contribution < -0.4 is 5.32 Å². The van der Waals surface area contributed by atoms with E-state index in [0.29, 0.717) is 12.1 Å². The van der Waals surface area contributed by atoms with E-state index >= 15 is 0 Å². The maximum absolute atomic E-state index is 5.74. The summed E-state index contributed by atoms with van der Waals surface area (Å²) in [6, 6.07) is 11.4. The molecule has 2 unspecified atom stereocenters. The third-order valence-corrected chi connectivity index (χ3v) is 4.88. The van der Waals surface area contributed by atoms with Crippen LogP contribution >= 0.6 is 0 Å². The first-order chi connectivity index (χ1) is 10.1. The quantitative estimate of drug-likeness (QED) is 0.771. The number of rotatable bonds is 8. The molecule has 21 heavy (non-hydrogen) atoms. The van der Waals surface area contributed by atoms with Gasteiger partial charge in [-0.25, -0.2) is 0 Å². The van der Waals surface area contributed by atoms with Crippen molar-refractivity contribution in [3.8, 4) is 0 Å². The van der Waals surface area contributed by atoms with Gasteiger partial charge in [-0.1, -0.05) is 51.1 Å². The molecule has 1 heterocycles. The molecule has 0 saturated carbocycles. The fraction of sp³-hybridized carbons (Fsp3) is 0.684. The molecule has 0 aliphatic carbocycles. The summed E-state index contributed by atoms with van der Waals surface area (Å²) in [7, 11) is 0. The number of benzene rings is 1. The van der Waals surface area contributed by atoms with Crippen LogP contribution in [0.3, 0.4) is 0 Å². The molecular weight excluding hydrogens is 258 g/mol. The molecule has 1 aromatic rings. The Labute approximate surface area is 130 Å². The zero-order valence-corrected chi connectivity index (χ0v) is 13.9. The number of hydrogen-bond acceptors (Lipinski definition) is 2. The summed E-state index contributed by atoms with van der Waals surface area (Å²) in [5, 5.41) is 3.71. The van der Waals surface area contributed by atoms with Crippen molar-refractivity contribution in [1.82, 2.24) is 5.32 Å². The lowest BCUT2D eigenvalue weighted by Crippen LogP contribution is -2.44. The first-order valence-electron chi connectivity index (χ1n) is 8.55. The van der Waals surface area contributed by atoms with Crippen molar-refractivity contribution in [1.29, 1.82) is 0 Å². The highest BCUT2D eigenvalue weighted by Gasteiger charge is 2.30. The lowest BCUT2D eigenvalue weighted by atomic mass is 9.75. The van der Waals surface area contributed by atoms with Crippen molar-refractivity contribution in [3.05, 3.63) is 35.9 Å². The largest absolute Gasteiger partial charge is 0.378 e. The Balaban J connectivity index is 1.93. The second-order valence-corrected chi connectivity index (χ2v) is 6.76. The molecule has 1 fully saturated rings. The van der Waals surface area contributed by atoms with Crippen LogP contribution in [0.4, 0.5) is 0 Å². The van der Waals surface area contributed by atoms with Crippen molar-refractivity contribution in [2.75, 3.05) is 13.2 Å². The van der Waals surface area contributed by atoms with Gasteiger partial charge in [-0.3, -0.25) is 0 Å². The normalized spacial score (nSPS) is 20.6. The van der Waals surface area contributed by atoms with Crippen molar-refractivity contribution in [3.63, 3.8) is 0 Å². The van der Waals surface area contributed by atoms with Gasteiger partial charge in [0.25, 0.3) is 0 Å². The Morgan fingerprint density at radius 3 is 2.67 bits per heavy atom. The third kappa shape index (κ3) is 4.55. The van der Waals surface area contributed by atoms with Crippen LogP contribution in [-0.2, 0) is 10.2 Å². The van der Waals surface area contributed by atoms with Gasteiger partial charge >= 0.3 is 0 Å². The van der Waals surface area contributed by atoms with Gasteiger partial charge in [0, 0.05) is 18.1 Å². The number of hydrogen-bond donors (Lipinski definition) is 1. The molecule has 1 aromatic carbocycles. The average Bonchev–Trinajstić information content (AvgIpc) is 3.00. The summed E-state index contributed by atoms with van der Waals surface area (Å²) in [4.78, 5) is 0. The van der Waals surface area contributed by atoms with Gasteiger partial charge in [0.05, 0.1) is 6.10 Å². The average molecular weight is 289 g/mol. The molecule has 0 bridgehead atoms. The van der Waals surface area contributed by atoms with Crippen molar-refractivity contribution in [2.45, 2.75) is 70.4 Å². The maximum atomic E-state index is 5.74. The zero-order chi connectivity index (χ0) is 15.1. The summed E-state index contributed by atoms with van der Waals surface area (Å²) in [6.45, 7) is 8.93. The van der Waals surface area contributed by atoms with Crippen LogP contribution in [-0.4, -0.2) is 25.3 Å². The lowest BCUT2D eigenvalue weighted by Gasteiger charge is -2.36. The van der Waals surface area contributed by atoms with E-state index in [1.54, 1.807) is 0 Å². The van der Waals surface area contributed by atoms with Gasteiger partial charge in [0.1, 0.15) is 0 Å². The highest BCUT2D eigenvalue weighted by Crippen LogP contribution is 2.30. The van der Waals surface area contributed by atoms with Crippen molar-refractivity contribution in [2.24, 2.45) is 0 Å².